The first-order valence-corrected chi connectivity index (χ1v) is 7.72. The van der Waals surface area contributed by atoms with E-state index in [1.54, 1.807) is 0 Å². The smallest absolute Gasteiger partial charge is 0.489 e. The zero-order valence-electron chi connectivity index (χ0n) is 13.0. The number of hydrogen-bond donors (Lipinski definition) is 2. The monoisotopic (exact) mass is 345 g/mol. The molecule has 24 heavy (non-hydrogen) atoms. The summed E-state index contributed by atoms with van der Waals surface area (Å²) < 4.78 is 46.8. The summed E-state index contributed by atoms with van der Waals surface area (Å²) in [7, 11) is 0. The highest BCUT2D eigenvalue weighted by atomic mass is 19.4. The van der Waals surface area contributed by atoms with Gasteiger partial charge in [0.05, 0.1) is 0 Å². The molecule has 1 heterocycles. The molecule has 132 valence electrons. The van der Waals surface area contributed by atoms with Gasteiger partial charge in [0.1, 0.15) is 23.0 Å². The standard InChI is InChI=1S/C16H18F3NO4/c1-2-8-7-15(8,14(21)22)13-6-11(20)10-4-3-9(5-12(10)23-13)24-16(17,18)19/h3-5,8,11,13H,2,6-7,20H2,1H3,(H,21,22)/t8?,11-,13-,15?/m1/s1. The van der Waals surface area contributed by atoms with Crippen molar-refractivity contribution >= 4 is 5.97 Å². The number of nitrogens with two attached hydrogens (primary N) is 1. The molecule has 2 unspecified atom stereocenters. The van der Waals surface area contributed by atoms with Gasteiger partial charge < -0.3 is 20.3 Å². The third-order valence-corrected chi connectivity index (χ3v) is 4.97. The second-order valence-corrected chi connectivity index (χ2v) is 6.35. The van der Waals surface area contributed by atoms with E-state index in [1.807, 2.05) is 6.92 Å². The van der Waals surface area contributed by atoms with Crippen molar-refractivity contribution in [2.24, 2.45) is 17.1 Å². The van der Waals surface area contributed by atoms with Gasteiger partial charge in [-0.1, -0.05) is 19.4 Å². The van der Waals surface area contributed by atoms with E-state index in [9.17, 15) is 23.1 Å². The van der Waals surface area contributed by atoms with Crippen LogP contribution in [0.2, 0.25) is 0 Å². The highest BCUT2D eigenvalue weighted by Gasteiger charge is 2.66. The van der Waals surface area contributed by atoms with E-state index in [2.05, 4.69) is 4.74 Å². The molecule has 1 fully saturated rings. The predicted molar refractivity (Wildman–Crippen MR) is 77.6 cm³/mol. The lowest BCUT2D eigenvalue weighted by Crippen LogP contribution is -2.41. The molecule has 0 spiro atoms. The summed E-state index contributed by atoms with van der Waals surface area (Å²) in [5, 5.41) is 9.60. The lowest BCUT2D eigenvalue weighted by atomic mass is 9.86. The van der Waals surface area contributed by atoms with Gasteiger partial charge in [-0.25, -0.2) is 0 Å². The summed E-state index contributed by atoms with van der Waals surface area (Å²) in [6.45, 7) is 1.90. The third-order valence-electron chi connectivity index (χ3n) is 4.97. The summed E-state index contributed by atoms with van der Waals surface area (Å²) in [5.41, 5.74) is 5.63. The normalized spacial score (nSPS) is 31.8. The Morgan fingerprint density at radius 3 is 2.75 bits per heavy atom. The average Bonchev–Trinajstić information content (AvgIpc) is 3.21. The number of carboxylic acid groups (broad SMARTS) is 1. The molecule has 1 saturated carbocycles. The number of halogens is 3. The Balaban J connectivity index is 1.89. The second-order valence-electron chi connectivity index (χ2n) is 6.35. The molecule has 1 aromatic rings. The predicted octanol–water partition coefficient (Wildman–Crippen LogP) is 3.24. The zero-order chi connectivity index (χ0) is 17.7. The van der Waals surface area contributed by atoms with Crippen LogP contribution in [0.3, 0.4) is 0 Å². The first-order chi connectivity index (χ1) is 11.2. The van der Waals surface area contributed by atoms with Crippen LogP contribution in [0.4, 0.5) is 13.2 Å². The molecule has 3 rings (SSSR count). The van der Waals surface area contributed by atoms with Crippen LogP contribution in [-0.2, 0) is 4.79 Å². The molecule has 2 aliphatic rings. The van der Waals surface area contributed by atoms with E-state index in [0.717, 1.165) is 6.07 Å². The van der Waals surface area contributed by atoms with Crippen LogP contribution in [-0.4, -0.2) is 23.5 Å². The van der Waals surface area contributed by atoms with Gasteiger partial charge in [0, 0.05) is 24.1 Å². The summed E-state index contributed by atoms with van der Waals surface area (Å²) in [6.07, 6.45) is -3.97. The van der Waals surface area contributed by atoms with Gasteiger partial charge >= 0.3 is 12.3 Å². The maximum atomic E-state index is 12.4. The quantitative estimate of drug-likeness (QED) is 0.875. The molecule has 1 aliphatic heterocycles. The van der Waals surface area contributed by atoms with Crippen LogP contribution in [0.1, 0.15) is 37.8 Å². The van der Waals surface area contributed by atoms with Crippen molar-refractivity contribution in [2.45, 2.75) is 44.7 Å². The fraction of sp³-hybridized carbons (Fsp3) is 0.562. The second kappa shape index (κ2) is 5.54. The summed E-state index contributed by atoms with van der Waals surface area (Å²) in [5.74, 6) is -1.22. The van der Waals surface area contributed by atoms with Crippen molar-refractivity contribution in [1.82, 2.24) is 0 Å². The van der Waals surface area contributed by atoms with Crippen molar-refractivity contribution in [3.05, 3.63) is 23.8 Å². The lowest BCUT2D eigenvalue weighted by Gasteiger charge is -2.34. The average molecular weight is 345 g/mol. The van der Waals surface area contributed by atoms with Crippen LogP contribution in [0.5, 0.6) is 11.5 Å². The summed E-state index contributed by atoms with van der Waals surface area (Å²) in [4.78, 5) is 11.7. The fourth-order valence-corrected chi connectivity index (χ4v) is 3.65. The molecule has 0 radical (unpaired) electrons. The number of carbonyl (C=O) groups is 1. The molecule has 1 aromatic carbocycles. The number of aliphatic carboxylic acids is 1. The lowest BCUT2D eigenvalue weighted by molar-refractivity contribution is -0.274. The molecule has 0 saturated heterocycles. The van der Waals surface area contributed by atoms with Gasteiger partial charge in [-0.3, -0.25) is 4.79 Å². The van der Waals surface area contributed by atoms with Crippen molar-refractivity contribution in [2.75, 3.05) is 0 Å². The van der Waals surface area contributed by atoms with Crippen LogP contribution < -0.4 is 15.2 Å². The minimum atomic E-state index is -4.81. The fourth-order valence-electron chi connectivity index (χ4n) is 3.65. The zero-order valence-corrected chi connectivity index (χ0v) is 13.0. The Morgan fingerprint density at radius 1 is 1.50 bits per heavy atom. The van der Waals surface area contributed by atoms with E-state index in [-0.39, 0.29) is 11.7 Å². The number of hydrogen-bond acceptors (Lipinski definition) is 4. The number of fused-ring (bicyclic) bond motifs is 1. The van der Waals surface area contributed by atoms with Crippen LogP contribution in [0.15, 0.2) is 18.2 Å². The van der Waals surface area contributed by atoms with E-state index < -0.39 is 35.6 Å². The van der Waals surface area contributed by atoms with Crippen molar-refractivity contribution < 1.29 is 32.5 Å². The van der Waals surface area contributed by atoms with Crippen LogP contribution >= 0.6 is 0 Å². The largest absolute Gasteiger partial charge is 0.573 e. The topological polar surface area (TPSA) is 81.8 Å². The first-order valence-electron chi connectivity index (χ1n) is 7.72. The number of rotatable bonds is 4. The Hall–Kier alpha value is -1.96. The van der Waals surface area contributed by atoms with Gasteiger partial charge in [0.2, 0.25) is 0 Å². The molecule has 1 aliphatic carbocycles. The van der Waals surface area contributed by atoms with E-state index >= 15 is 0 Å². The molecule has 3 N–H and O–H groups in total. The van der Waals surface area contributed by atoms with Crippen LogP contribution in [0.25, 0.3) is 0 Å². The highest BCUT2D eigenvalue weighted by molar-refractivity contribution is 5.79. The highest BCUT2D eigenvalue weighted by Crippen LogP contribution is 2.60. The Morgan fingerprint density at radius 2 is 2.21 bits per heavy atom. The Kier molecular flexibility index (Phi) is 3.90. The Labute approximate surface area is 136 Å². The SMILES string of the molecule is CCC1CC1(C(=O)O)[C@H]1C[C@@H](N)c2ccc(OC(F)(F)F)cc2O1. The molecular formula is C16H18F3NO4. The molecular weight excluding hydrogens is 327 g/mol. The number of ether oxygens (including phenoxy) is 2. The summed E-state index contributed by atoms with van der Waals surface area (Å²) in [6, 6.07) is 3.23. The minimum Gasteiger partial charge on any atom is -0.489 e. The number of carboxylic acids is 1. The maximum absolute atomic E-state index is 12.4. The van der Waals surface area contributed by atoms with Crippen molar-refractivity contribution in [1.29, 1.82) is 0 Å². The van der Waals surface area contributed by atoms with E-state index in [0.29, 0.717) is 24.8 Å². The molecule has 0 amide bonds. The molecule has 5 nitrogen and oxygen atoms in total. The van der Waals surface area contributed by atoms with Gasteiger partial charge in [-0.2, -0.15) is 0 Å². The molecule has 4 atom stereocenters. The van der Waals surface area contributed by atoms with E-state index in [1.165, 1.54) is 12.1 Å². The Bertz CT molecular complexity index is 663. The summed E-state index contributed by atoms with van der Waals surface area (Å²) >= 11 is 0. The van der Waals surface area contributed by atoms with Gasteiger partial charge in [0.25, 0.3) is 0 Å². The molecule has 8 heteroatoms. The van der Waals surface area contributed by atoms with E-state index in [4.69, 9.17) is 10.5 Å². The third kappa shape index (κ3) is 2.79. The minimum absolute atomic E-state index is 0.0108. The number of alkyl halides is 3. The maximum Gasteiger partial charge on any atom is 0.573 e. The van der Waals surface area contributed by atoms with Crippen molar-refractivity contribution in [3.63, 3.8) is 0 Å². The van der Waals surface area contributed by atoms with Gasteiger partial charge in [0.15, 0.2) is 0 Å². The molecule has 0 bridgehead atoms. The molecule has 0 aromatic heterocycles. The van der Waals surface area contributed by atoms with Gasteiger partial charge in [-0.15, -0.1) is 13.2 Å². The van der Waals surface area contributed by atoms with Crippen LogP contribution in [0, 0.1) is 11.3 Å². The first kappa shape index (κ1) is 16.9. The number of benzene rings is 1. The van der Waals surface area contributed by atoms with Gasteiger partial charge in [-0.05, 0) is 18.4 Å². The van der Waals surface area contributed by atoms with Crippen molar-refractivity contribution in [3.8, 4) is 11.5 Å².